The summed E-state index contributed by atoms with van der Waals surface area (Å²) >= 11 is 0. The zero-order valence-corrected chi connectivity index (χ0v) is 10.6. The van der Waals surface area contributed by atoms with E-state index in [0.717, 1.165) is 11.8 Å². The fourth-order valence-corrected chi connectivity index (χ4v) is 2.41. The molecule has 1 aliphatic carbocycles. The molecule has 0 aromatic rings. The third kappa shape index (κ3) is 2.13. The van der Waals surface area contributed by atoms with Crippen LogP contribution in [-0.4, -0.2) is 22.6 Å². The molecule has 92 valence electrons. The molecule has 1 rings (SSSR count). The van der Waals surface area contributed by atoms with Crippen molar-refractivity contribution in [3.8, 4) is 0 Å². The van der Waals surface area contributed by atoms with Crippen LogP contribution in [0.5, 0.6) is 0 Å². The molecule has 1 fully saturated rings. The highest BCUT2D eigenvalue weighted by atomic mass is 16.1. The Morgan fingerprint density at radius 2 is 2.06 bits per heavy atom. The molecule has 1 unspecified atom stereocenters. The van der Waals surface area contributed by atoms with E-state index in [-0.39, 0.29) is 18.0 Å². The number of ketones is 2. The minimum absolute atomic E-state index is 0.147. The lowest BCUT2D eigenvalue weighted by Gasteiger charge is -2.47. The molecule has 17 heavy (non-hydrogen) atoms. The van der Waals surface area contributed by atoms with Crippen molar-refractivity contribution in [2.75, 3.05) is 0 Å². The van der Waals surface area contributed by atoms with Gasteiger partial charge in [-0.1, -0.05) is 32.9 Å². The first-order chi connectivity index (χ1) is 7.75. The van der Waals surface area contributed by atoms with Crippen LogP contribution in [0.15, 0.2) is 12.2 Å². The number of allylic oxidation sites excluding steroid dienone is 1. The number of Topliss-reactive ketones (excluding diaryl/α,β-unsaturated/α-hetero) is 2. The summed E-state index contributed by atoms with van der Waals surface area (Å²) in [5.74, 6) is -0.139. The van der Waals surface area contributed by atoms with Crippen LogP contribution in [0.3, 0.4) is 0 Å². The molecular formula is C13H18N2O2. The number of hydrogen-bond donors (Lipinski definition) is 0. The van der Waals surface area contributed by atoms with Crippen molar-refractivity contribution in [2.24, 2.45) is 10.8 Å². The summed E-state index contributed by atoms with van der Waals surface area (Å²) < 4.78 is 0. The first kappa shape index (κ1) is 13.5. The van der Waals surface area contributed by atoms with Crippen molar-refractivity contribution >= 4 is 17.8 Å². The first-order valence-electron chi connectivity index (χ1n) is 5.67. The molecule has 0 saturated heterocycles. The fourth-order valence-electron chi connectivity index (χ4n) is 2.41. The summed E-state index contributed by atoms with van der Waals surface area (Å²) in [6.45, 7) is 9.58. The molecule has 1 aliphatic rings. The second kappa shape index (κ2) is 4.38. The summed E-state index contributed by atoms with van der Waals surface area (Å²) in [6.07, 6.45) is 2.15. The lowest BCUT2D eigenvalue weighted by molar-refractivity contribution is -0.136. The van der Waals surface area contributed by atoms with Gasteiger partial charge >= 0.3 is 6.21 Å². The van der Waals surface area contributed by atoms with Gasteiger partial charge in [-0.15, -0.1) is 0 Å². The molecule has 4 nitrogen and oxygen atoms in total. The number of hydrogen-bond acceptors (Lipinski definition) is 2. The number of nitrogens with zero attached hydrogens (tertiary/aromatic N) is 2. The Morgan fingerprint density at radius 3 is 2.59 bits per heavy atom. The van der Waals surface area contributed by atoms with Gasteiger partial charge in [0.1, 0.15) is 5.78 Å². The van der Waals surface area contributed by atoms with E-state index in [2.05, 4.69) is 11.4 Å². The highest BCUT2D eigenvalue weighted by Crippen LogP contribution is 2.52. The monoisotopic (exact) mass is 234 g/mol. The van der Waals surface area contributed by atoms with E-state index in [1.165, 1.54) is 0 Å². The van der Waals surface area contributed by atoms with Gasteiger partial charge < -0.3 is 5.53 Å². The average Bonchev–Trinajstić information content (AvgIpc) is 2.23. The fraction of sp³-hybridized carbons (Fsp3) is 0.615. The molecule has 1 atom stereocenters. The second-order valence-corrected chi connectivity index (χ2v) is 5.37. The van der Waals surface area contributed by atoms with Crippen molar-refractivity contribution in [1.82, 2.24) is 0 Å². The summed E-state index contributed by atoms with van der Waals surface area (Å²) in [6, 6.07) is 0. The molecule has 0 radical (unpaired) electrons. The van der Waals surface area contributed by atoms with Crippen LogP contribution < -0.4 is 0 Å². The summed E-state index contributed by atoms with van der Waals surface area (Å²) in [5.41, 5.74) is 8.10. The van der Waals surface area contributed by atoms with Gasteiger partial charge in [-0.2, -0.15) is 4.79 Å². The summed E-state index contributed by atoms with van der Waals surface area (Å²) in [4.78, 5) is 26.3. The molecule has 0 aromatic heterocycles. The second-order valence-electron chi connectivity index (χ2n) is 5.37. The standard InChI is InChI=1S/C13H18N2O2/c1-9-5-6-11(17)12(2,3)13(9,4)7-10(16)8-15-14/h8H,1,5-7H2,2-4H3. The smallest absolute Gasteiger partial charge is 0.323 e. The molecule has 0 aromatic carbocycles. The van der Waals surface area contributed by atoms with Gasteiger partial charge in [0.2, 0.25) is 5.78 Å². The summed E-state index contributed by atoms with van der Waals surface area (Å²) in [7, 11) is 0. The van der Waals surface area contributed by atoms with Crippen LogP contribution in [0.1, 0.15) is 40.0 Å². The van der Waals surface area contributed by atoms with Crippen molar-refractivity contribution in [1.29, 1.82) is 0 Å². The Morgan fingerprint density at radius 1 is 1.47 bits per heavy atom. The molecule has 0 bridgehead atoms. The van der Waals surface area contributed by atoms with Crippen LogP contribution in [0.2, 0.25) is 0 Å². The van der Waals surface area contributed by atoms with Crippen molar-refractivity contribution in [3.63, 3.8) is 0 Å². The van der Waals surface area contributed by atoms with E-state index >= 15 is 0 Å². The highest BCUT2D eigenvalue weighted by molar-refractivity contribution is 6.25. The van der Waals surface area contributed by atoms with E-state index in [9.17, 15) is 9.59 Å². The lowest BCUT2D eigenvalue weighted by Crippen LogP contribution is -2.47. The third-order valence-electron chi connectivity index (χ3n) is 4.24. The maximum absolute atomic E-state index is 12.0. The Labute approximate surface area is 101 Å². The molecule has 4 heteroatoms. The average molecular weight is 234 g/mol. The van der Waals surface area contributed by atoms with Gasteiger partial charge in [-0.3, -0.25) is 9.59 Å². The van der Waals surface area contributed by atoms with Gasteiger partial charge in [0, 0.05) is 23.7 Å². The maximum atomic E-state index is 12.0. The predicted octanol–water partition coefficient (Wildman–Crippen LogP) is 2.20. The largest absolute Gasteiger partial charge is 0.361 e. The Hall–Kier alpha value is -1.54. The van der Waals surface area contributed by atoms with Crippen LogP contribution in [0.25, 0.3) is 5.53 Å². The Balaban J connectivity index is 3.12. The van der Waals surface area contributed by atoms with Gasteiger partial charge in [0.15, 0.2) is 0 Å². The van der Waals surface area contributed by atoms with E-state index in [4.69, 9.17) is 5.53 Å². The van der Waals surface area contributed by atoms with Crippen molar-refractivity contribution in [3.05, 3.63) is 17.7 Å². The van der Waals surface area contributed by atoms with Gasteiger partial charge in [0.25, 0.3) is 0 Å². The SMILES string of the molecule is C=C1CCC(=O)C(C)(C)C1(C)CC(=O)C=[N+]=[N-]. The molecule has 0 aliphatic heterocycles. The third-order valence-corrected chi connectivity index (χ3v) is 4.24. The van der Waals surface area contributed by atoms with E-state index in [1.807, 2.05) is 20.8 Å². The van der Waals surface area contributed by atoms with E-state index in [0.29, 0.717) is 12.8 Å². The Kier molecular flexibility index (Phi) is 3.48. The molecular weight excluding hydrogens is 216 g/mol. The molecule has 0 amide bonds. The number of carbonyl (C=O) groups is 2. The Bertz CT molecular complexity index is 431. The van der Waals surface area contributed by atoms with Crippen LogP contribution in [-0.2, 0) is 9.59 Å². The van der Waals surface area contributed by atoms with Gasteiger partial charge in [-0.05, 0) is 6.42 Å². The maximum Gasteiger partial charge on any atom is 0.323 e. The number of carbonyl (C=O) groups excluding carboxylic acids is 2. The number of rotatable bonds is 3. The van der Waals surface area contributed by atoms with Crippen LogP contribution >= 0.6 is 0 Å². The lowest BCUT2D eigenvalue weighted by atomic mass is 9.54. The minimum Gasteiger partial charge on any atom is -0.361 e. The predicted molar refractivity (Wildman–Crippen MR) is 64.6 cm³/mol. The first-order valence-corrected chi connectivity index (χ1v) is 5.67. The highest BCUT2D eigenvalue weighted by Gasteiger charge is 2.51. The molecule has 0 heterocycles. The van der Waals surface area contributed by atoms with Gasteiger partial charge in [-0.25, -0.2) is 0 Å². The van der Waals surface area contributed by atoms with E-state index < -0.39 is 10.8 Å². The van der Waals surface area contributed by atoms with Crippen molar-refractivity contribution < 1.29 is 14.4 Å². The van der Waals surface area contributed by atoms with Crippen LogP contribution in [0.4, 0.5) is 0 Å². The normalized spacial score (nSPS) is 27.5. The molecule has 0 spiro atoms. The summed E-state index contributed by atoms with van der Waals surface area (Å²) in [5, 5.41) is 0. The van der Waals surface area contributed by atoms with E-state index in [1.54, 1.807) is 0 Å². The minimum atomic E-state index is -0.610. The quantitative estimate of drug-likeness (QED) is 0.325. The molecule has 1 saturated carbocycles. The topological polar surface area (TPSA) is 70.5 Å². The van der Waals surface area contributed by atoms with Crippen LogP contribution in [0, 0.1) is 10.8 Å². The zero-order chi connectivity index (χ0) is 13.3. The molecule has 0 N–H and O–H groups in total. The van der Waals surface area contributed by atoms with Gasteiger partial charge in [0.05, 0.1) is 0 Å². The van der Waals surface area contributed by atoms with Crippen molar-refractivity contribution in [2.45, 2.75) is 40.0 Å². The zero-order valence-electron chi connectivity index (χ0n) is 10.6.